The van der Waals surface area contributed by atoms with Gasteiger partial charge in [0, 0.05) is 5.56 Å². The van der Waals surface area contributed by atoms with E-state index in [1.807, 2.05) is 13.8 Å². The van der Waals surface area contributed by atoms with E-state index in [9.17, 15) is 9.59 Å². The number of amides is 1. The Balaban J connectivity index is 2.94. The second-order valence-electron chi connectivity index (χ2n) is 4.71. The molecule has 0 saturated carbocycles. The average molecular weight is 358 g/mol. The van der Waals surface area contributed by atoms with Gasteiger partial charge in [-0.05, 0) is 40.0 Å². The Morgan fingerprint density at radius 3 is 2.52 bits per heavy atom. The van der Waals surface area contributed by atoms with Crippen LogP contribution in [0.25, 0.3) is 0 Å². The van der Waals surface area contributed by atoms with Crippen LogP contribution in [0, 0.1) is 5.92 Å². The fourth-order valence-corrected chi connectivity index (χ4v) is 2.23. The summed E-state index contributed by atoms with van der Waals surface area (Å²) in [5.74, 6) is -0.238. The summed E-state index contributed by atoms with van der Waals surface area (Å²) >= 11 is 3.33. The number of nitrogens with one attached hydrogen (secondary N) is 1. The SMILES string of the molecule is CCC(C)[C@@H](NC(=O)c1ccc(Br)c(OC)c1)C(=O)OC. The first-order valence-corrected chi connectivity index (χ1v) is 7.46. The highest BCUT2D eigenvalue weighted by molar-refractivity contribution is 9.10. The lowest BCUT2D eigenvalue weighted by Crippen LogP contribution is -2.45. The van der Waals surface area contributed by atoms with E-state index in [-0.39, 0.29) is 11.8 Å². The van der Waals surface area contributed by atoms with E-state index in [0.717, 1.165) is 10.9 Å². The Kier molecular flexibility index (Phi) is 6.68. The van der Waals surface area contributed by atoms with Crippen molar-refractivity contribution in [1.82, 2.24) is 5.32 Å². The number of ether oxygens (including phenoxy) is 2. The summed E-state index contributed by atoms with van der Waals surface area (Å²) in [6, 6.07) is 4.34. The minimum absolute atomic E-state index is 0.0151. The van der Waals surface area contributed by atoms with Crippen molar-refractivity contribution in [3.63, 3.8) is 0 Å². The van der Waals surface area contributed by atoms with E-state index in [2.05, 4.69) is 21.2 Å². The van der Waals surface area contributed by atoms with E-state index in [0.29, 0.717) is 11.3 Å². The molecule has 21 heavy (non-hydrogen) atoms. The van der Waals surface area contributed by atoms with Crippen molar-refractivity contribution < 1.29 is 19.1 Å². The monoisotopic (exact) mass is 357 g/mol. The van der Waals surface area contributed by atoms with E-state index in [1.54, 1.807) is 18.2 Å². The van der Waals surface area contributed by atoms with Crippen LogP contribution in [0.3, 0.4) is 0 Å². The van der Waals surface area contributed by atoms with E-state index in [1.165, 1.54) is 14.2 Å². The predicted molar refractivity (Wildman–Crippen MR) is 83.4 cm³/mol. The minimum Gasteiger partial charge on any atom is -0.496 e. The smallest absolute Gasteiger partial charge is 0.328 e. The second-order valence-corrected chi connectivity index (χ2v) is 5.56. The van der Waals surface area contributed by atoms with Crippen LogP contribution in [-0.4, -0.2) is 32.1 Å². The number of carbonyl (C=O) groups is 2. The molecule has 1 aromatic carbocycles. The zero-order chi connectivity index (χ0) is 16.0. The lowest BCUT2D eigenvalue weighted by Gasteiger charge is -2.22. The molecule has 0 aliphatic carbocycles. The van der Waals surface area contributed by atoms with Gasteiger partial charge in [-0.25, -0.2) is 4.79 Å². The van der Waals surface area contributed by atoms with Crippen molar-refractivity contribution in [1.29, 1.82) is 0 Å². The van der Waals surface area contributed by atoms with Crippen molar-refractivity contribution in [3.05, 3.63) is 28.2 Å². The van der Waals surface area contributed by atoms with Crippen LogP contribution in [0.1, 0.15) is 30.6 Å². The Hall–Kier alpha value is -1.56. The van der Waals surface area contributed by atoms with Gasteiger partial charge < -0.3 is 14.8 Å². The van der Waals surface area contributed by atoms with E-state index < -0.39 is 12.0 Å². The van der Waals surface area contributed by atoms with Crippen molar-refractivity contribution in [3.8, 4) is 5.75 Å². The summed E-state index contributed by atoms with van der Waals surface area (Å²) in [7, 11) is 2.84. The van der Waals surface area contributed by atoms with Crippen LogP contribution >= 0.6 is 15.9 Å². The maximum absolute atomic E-state index is 12.3. The molecule has 6 heteroatoms. The maximum atomic E-state index is 12.3. The Morgan fingerprint density at radius 2 is 2.00 bits per heavy atom. The lowest BCUT2D eigenvalue weighted by molar-refractivity contribution is -0.144. The predicted octanol–water partition coefficient (Wildman–Crippen LogP) is 2.78. The summed E-state index contributed by atoms with van der Waals surface area (Å²) in [5.41, 5.74) is 0.423. The number of rotatable bonds is 6. The second kappa shape index (κ2) is 8.02. The van der Waals surface area contributed by atoms with Gasteiger partial charge in [-0.1, -0.05) is 20.3 Å². The zero-order valence-corrected chi connectivity index (χ0v) is 14.2. The standard InChI is InChI=1S/C15H20BrNO4/c1-5-9(2)13(15(19)21-4)17-14(18)10-6-7-11(16)12(8-10)20-3/h6-9,13H,5H2,1-4H3,(H,17,18)/t9?,13-/m1/s1. The molecule has 116 valence electrons. The number of hydrogen-bond acceptors (Lipinski definition) is 4. The largest absolute Gasteiger partial charge is 0.496 e. The Morgan fingerprint density at radius 1 is 1.33 bits per heavy atom. The molecule has 0 aliphatic rings. The quantitative estimate of drug-likeness (QED) is 0.795. The van der Waals surface area contributed by atoms with Crippen LogP contribution < -0.4 is 10.1 Å². The molecule has 1 unspecified atom stereocenters. The highest BCUT2D eigenvalue weighted by Crippen LogP contribution is 2.25. The van der Waals surface area contributed by atoms with Crippen LogP contribution in [-0.2, 0) is 9.53 Å². The van der Waals surface area contributed by atoms with Gasteiger partial charge >= 0.3 is 5.97 Å². The molecule has 1 rings (SSSR count). The Bertz CT molecular complexity index is 518. The molecule has 5 nitrogen and oxygen atoms in total. The highest BCUT2D eigenvalue weighted by Gasteiger charge is 2.27. The molecule has 0 saturated heterocycles. The summed E-state index contributed by atoms with van der Waals surface area (Å²) < 4.78 is 10.7. The third-order valence-corrected chi connectivity index (χ3v) is 4.02. The number of carbonyl (C=O) groups excluding carboxylic acids is 2. The molecular formula is C15H20BrNO4. The Labute approximate surface area is 133 Å². The van der Waals surface area contributed by atoms with Gasteiger partial charge in [0.2, 0.25) is 0 Å². The van der Waals surface area contributed by atoms with Crippen molar-refractivity contribution in [2.75, 3.05) is 14.2 Å². The molecule has 0 radical (unpaired) electrons. The van der Waals surface area contributed by atoms with Crippen molar-refractivity contribution >= 4 is 27.8 Å². The summed E-state index contributed by atoms with van der Waals surface area (Å²) in [6.45, 7) is 3.85. The number of methoxy groups -OCH3 is 2. The average Bonchev–Trinajstić information content (AvgIpc) is 2.51. The van der Waals surface area contributed by atoms with Crippen molar-refractivity contribution in [2.45, 2.75) is 26.3 Å². The molecule has 1 aromatic rings. The van der Waals surface area contributed by atoms with Crippen molar-refractivity contribution in [2.24, 2.45) is 5.92 Å². The highest BCUT2D eigenvalue weighted by atomic mass is 79.9. The molecule has 0 fully saturated rings. The molecule has 0 aromatic heterocycles. The molecule has 1 amide bonds. The third kappa shape index (κ3) is 4.46. The third-order valence-electron chi connectivity index (χ3n) is 3.37. The number of benzene rings is 1. The summed E-state index contributed by atoms with van der Waals surface area (Å²) in [5, 5.41) is 2.72. The lowest BCUT2D eigenvalue weighted by atomic mass is 9.99. The summed E-state index contributed by atoms with van der Waals surface area (Å²) in [4.78, 5) is 24.1. The van der Waals surface area contributed by atoms with Gasteiger partial charge in [-0.2, -0.15) is 0 Å². The van der Waals surface area contributed by atoms with Gasteiger partial charge in [0.05, 0.1) is 18.7 Å². The van der Waals surface area contributed by atoms with Gasteiger partial charge in [0.1, 0.15) is 11.8 Å². The molecule has 0 heterocycles. The maximum Gasteiger partial charge on any atom is 0.328 e. The minimum atomic E-state index is -0.665. The topological polar surface area (TPSA) is 64.6 Å². The number of hydrogen-bond donors (Lipinski definition) is 1. The van der Waals surface area contributed by atoms with Gasteiger partial charge in [-0.3, -0.25) is 4.79 Å². The normalized spacial score (nSPS) is 13.2. The van der Waals surface area contributed by atoms with Crippen LogP contribution in [0.4, 0.5) is 0 Å². The summed E-state index contributed by atoms with van der Waals surface area (Å²) in [6.07, 6.45) is 0.754. The van der Waals surface area contributed by atoms with Gasteiger partial charge in [0.15, 0.2) is 0 Å². The first-order valence-electron chi connectivity index (χ1n) is 6.66. The molecule has 2 atom stereocenters. The first-order chi connectivity index (χ1) is 9.94. The molecule has 1 N–H and O–H groups in total. The fourth-order valence-electron chi connectivity index (χ4n) is 1.82. The van der Waals surface area contributed by atoms with Gasteiger partial charge in [-0.15, -0.1) is 0 Å². The first kappa shape index (κ1) is 17.5. The van der Waals surface area contributed by atoms with Crippen LogP contribution in [0.5, 0.6) is 5.75 Å². The van der Waals surface area contributed by atoms with Gasteiger partial charge in [0.25, 0.3) is 5.91 Å². The van der Waals surface area contributed by atoms with E-state index in [4.69, 9.17) is 9.47 Å². The molecule has 0 bridgehead atoms. The number of esters is 1. The number of halogens is 1. The fraction of sp³-hybridized carbons (Fsp3) is 0.467. The molecular weight excluding hydrogens is 338 g/mol. The van der Waals surface area contributed by atoms with Crippen LogP contribution in [0.2, 0.25) is 0 Å². The molecule has 0 aliphatic heterocycles. The molecule has 0 spiro atoms. The van der Waals surface area contributed by atoms with Crippen LogP contribution in [0.15, 0.2) is 22.7 Å². The van der Waals surface area contributed by atoms with E-state index >= 15 is 0 Å². The zero-order valence-electron chi connectivity index (χ0n) is 12.6.